The van der Waals surface area contributed by atoms with Crippen LogP contribution in [0.2, 0.25) is 0 Å². The minimum atomic E-state index is -4.63. The van der Waals surface area contributed by atoms with Gasteiger partial charge in [-0.2, -0.15) is 0 Å². The Morgan fingerprint density at radius 2 is 1.67 bits per heavy atom. The quantitative estimate of drug-likeness (QED) is 0.633. The molecule has 0 aliphatic heterocycles. The fourth-order valence-corrected chi connectivity index (χ4v) is 2.20. The molecular weight excluding hydrogens is 291 g/mol. The molecule has 0 fully saturated rings. The second-order valence-corrected chi connectivity index (χ2v) is 5.79. The summed E-state index contributed by atoms with van der Waals surface area (Å²) in [7, 11) is -4.63. The van der Waals surface area contributed by atoms with Gasteiger partial charge >= 0.3 is 7.82 Å². The van der Waals surface area contributed by atoms with Gasteiger partial charge in [0, 0.05) is 5.56 Å². The van der Waals surface area contributed by atoms with Crippen molar-refractivity contribution in [2.45, 2.75) is 6.42 Å². The third kappa shape index (κ3) is 5.25. The second-order valence-electron chi connectivity index (χ2n) is 4.55. The van der Waals surface area contributed by atoms with Crippen molar-refractivity contribution in [3.63, 3.8) is 0 Å². The highest BCUT2D eigenvalue weighted by molar-refractivity contribution is 7.46. The number of ketones is 1. The molecule has 0 spiro atoms. The molecule has 0 heterocycles. The molecule has 110 valence electrons. The lowest BCUT2D eigenvalue weighted by Crippen LogP contribution is -2.08. The van der Waals surface area contributed by atoms with Crippen LogP contribution in [-0.2, 0) is 15.5 Å². The number of carbonyl (C=O) groups is 1. The van der Waals surface area contributed by atoms with Gasteiger partial charge in [-0.1, -0.05) is 48.5 Å². The minimum Gasteiger partial charge on any atom is -0.303 e. The number of hydrogen-bond acceptors (Lipinski definition) is 3. The maximum atomic E-state index is 11.8. The van der Waals surface area contributed by atoms with Crippen LogP contribution in [0, 0.1) is 0 Å². The van der Waals surface area contributed by atoms with Crippen LogP contribution in [-0.4, -0.2) is 22.2 Å². The van der Waals surface area contributed by atoms with E-state index in [1.807, 2.05) is 36.4 Å². The number of rotatable bonds is 6. The van der Waals surface area contributed by atoms with Gasteiger partial charge < -0.3 is 9.79 Å². The summed E-state index contributed by atoms with van der Waals surface area (Å²) in [6, 6.07) is 16.7. The van der Waals surface area contributed by atoms with Crippen molar-refractivity contribution in [1.29, 1.82) is 0 Å². The van der Waals surface area contributed by atoms with Crippen molar-refractivity contribution in [3.05, 3.63) is 71.3 Å². The summed E-state index contributed by atoms with van der Waals surface area (Å²) in [6.45, 7) is -0.640. The Morgan fingerprint density at radius 1 is 1.00 bits per heavy atom. The predicted octanol–water partition coefficient (Wildman–Crippen LogP) is 2.57. The standard InChI is InChI=1S/C15H15O5P/c16-15(11-20-21(17,18)19)14-8-4-7-13(10-14)9-12-5-2-1-3-6-12/h1-8,10H,9,11H2,(H2,17,18,19). The Bertz CT molecular complexity index is 663. The SMILES string of the molecule is O=C(COP(=O)(O)O)c1cccc(Cc2ccccc2)c1. The van der Waals surface area contributed by atoms with Crippen LogP contribution >= 0.6 is 7.82 Å². The third-order valence-electron chi connectivity index (χ3n) is 2.86. The molecular formula is C15H15O5P. The Kier molecular flexibility index (Phi) is 5.04. The number of carbonyl (C=O) groups excluding carboxylic acids is 1. The molecule has 0 saturated carbocycles. The van der Waals surface area contributed by atoms with E-state index in [-0.39, 0.29) is 0 Å². The van der Waals surface area contributed by atoms with E-state index in [2.05, 4.69) is 4.52 Å². The van der Waals surface area contributed by atoms with Gasteiger partial charge in [-0.3, -0.25) is 9.32 Å². The molecule has 21 heavy (non-hydrogen) atoms. The first-order chi connectivity index (χ1) is 9.94. The smallest absolute Gasteiger partial charge is 0.303 e. The zero-order valence-electron chi connectivity index (χ0n) is 11.2. The highest BCUT2D eigenvalue weighted by Crippen LogP contribution is 2.35. The number of hydrogen-bond donors (Lipinski definition) is 2. The van der Waals surface area contributed by atoms with Gasteiger partial charge in [-0.25, -0.2) is 4.57 Å². The molecule has 0 unspecified atom stereocenters. The van der Waals surface area contributed by atoms with Crippen molar-refractivity contribution in [1.82, 2.24) is 0 Å². The van der Waals surface area contributed by atoms with E-state index >= 15 is 0 Å². The Morgan fingerprint density at radius 3 is 2.33 bits per heavy atom. The molecule has 2 aromatic carbocycles. The summed E-state index contributed by atoms with van der Waals surface area (Å²) >= 11 is 0. The molecule has 5 nitrogen and oxygen atoms in total. The lowest BCUT2D eigenvalue weighted by molar-refractivity contribution is 0.0884. The van der Waals surface area contributed by atoms with E-state index < -0.39 is 20.2 Å². The summed E-state index contributed by atoms with van der Waals surface area (Å²) < 4.78 is 14.8. The zero-order chi connectivity index (χ0) is 15.3. The first-order valence-corrected chi connectivity index (χ1v) is 7.83. The molecule has 6 heteroatoms. The van der Waals surface area contributed by atoms with E-state index in [9.17, 15) is 9.36 Å². The Labute approximate surface area is 122 Å². The molecule has 2 rings (SSSR count). The summed E-state index contributed by atoms with van der Waals surface area (Å²) in [5, 5.41) is 0. The lowest BCUT2D eigenvalue weighted by atomic mass is 10.0. The molecule has 2 N–H and O–H groups in total. The van der Waals surface area contributed by atoms with Crippen molar-refractivity contribution in [3.8, 4) is 0 Å². The van der Waals surface area contributed by atoms with Gasteiger partial charge in [0.2, 0.25) is 0 Å². The minimum absolute atomic E-state index is 0.372. The fraction of sp³-hybridized carbons (Fsp3) is 0.133. The van der Waals surface area contributed by atoms with Gasteiger partial charge in [0.15, 0.2) is 5.78 Å². The van der Waals surface area contributed by atoms with Gasteiger partial charge in [0.05, 0.1) is 0 Å². The van der Waals surface area contributed by atoms with E-state index in [1.54, 1.807) is 18.2 Å². The van der Waals surface area contributed by atoms with Gasteiger partial charge in [0.1, 0.15) is 6.61 Å². The van der Waals surface area contributed by atoms with Gasteiger partial charge in [-0.15, -0.1) is 0 Å². The Hall–Kier alpha value is -1.78. The molecule has 0 aliphatic rings. The summed E-state index contributed by atoms with van der Waals surface area (Å²) in [4.78, 5) is 29.0. The van der Waals surface area contributed by atoms with Crippen LogP contribution < -0.4 is 0 Å². The second kappa shape index (κ2) is 6.78. The lowest BCUT2D eigenvalue weighted by Gasteiger charge is -2.06. The third-order valence-corrected chi connectivity index (χ3v) is 3.33. The van der Waals surface area contributed by atoms with Crippen LogP contribution in [0.1, 0.15) is 21.5 Å². The molecule has 0 bridgehead atoms. The maximum Gasteiger partial charge on any atom is 0.470 e. The molecule has 0 saturated heterocycles. The zero-order valence-corrected chi connectivity index (χ0v) is 12.1. The first-order valence-electron chi connectivity index (χ1n) is 6.30. The van der Waals surface area contributed by atoms with E-state index in [1.165, 1.54) is 0 Å². The summed E-state index contributed by atoms with van der Waals surface area (Å²) in [6.07, 6.45) is 0.682. The molecule has 0 atom stereocenters. The molecule has 0 aliphatic carbocycles. The highest BCUT2D eigenvalue weighted by Gasteiger charge is 2.17. The molecule has 0 aromatic heterocycles. The van der Waals surface area contributed by atoms with Crippen LogP contribution in [0.4, 0.5) is 0 Å². The molecule has 2 aromatic rings. The topological polar surface area (TPSA) is 83.8 Å². The molecule has 0 radical (unpaired) electrons. The van der Waals surface area contributed by atoms with Crippen molar-refractivity contribution in [2.24, 2.45) is 0 Å². The van der Waals surface area contributed by atoms with Crippen LogP contribution in [0.25, 0.3) is 0 Å². The highest BCUT2D eigenvalue weighted by atomic mass is 31.2. The average molecular weight is 306 g/mol. The number of benzene rings is 2. The van der Waals surface area contributed by atoms with Crippen molar-refractivity contribution in [2.75, 3.05) is 6.61 Å². The number of Topliss-reactive ketones (excluding diaryl/α,β-unsaturated/α-hetero) is 1. The van der Waals surface area contributed by atoms with E-state index in [0.29, 0.717) is 12.0 Å². The Balaban J connectivity index is 2.07. The van der Waals surface area contributed by atoms with E-state index in [0.717, 1.165) is 11.1 Å². The predicted molar refractivity (Wildman–Crippen MR) is 78.0 cm³/mol. The van der Waals surface area contributed by atoms with E-state index in [4.69, 9.17) is 9.79 Å². The first kappa shape index (κ1) is 15.6. The summed E-state index contributed by atoms with van der Waals surface area (Å²) in [5.74, 6) is -0.465. The average Bonchev–Trinajstić information content (AvgIpc) is 2.45. The van der Waals surface area contributed by atoms with Crippen molar-refractivity contribution < 1.29 is 23.7 Å². The maximum absolute atomic E-state index is 11.8. The monoisotopic (exact) mass is 306 g/mol. The normalized spacial score (nSPS) is 11.3. The largest absolute Gasteiger partial charge is 0.470 e. The molecule has 0 amide bonds. The van der Waals surface area contributed by atoms with Gasteiger partial charge in [-0.05, 0) is 23.6 Å². The van der Waals surface area contributed by atoms with Crippen molar-refractivity contribution >= 4 is 13.6 Å². The van der Waals surface area contributed by atoms with Crippen LogP contribution in [0.5, 0.6) is 0 Å². The van der Waals surface area contributed by atoms with Crippen LogP contribution in [0.15, 0.2) is 54.6 Å². The van der Waals surface area contributed by atoms with Crippen LogP contribution in [0.3, 0.4) is 0 Å². The van der Waals surface area contributed by atoms with Gasteiger partial charge in [0.25, 0.3) is 0 Å². The summed E-state index contributed by atoms with van der Waals surface area (Å²) in [5.41, 5.74) is 2.44. The number of phosphoric ester groups is 1. The fourth-order valence-electron chi connectivity index (χ4n) is 1.91. The number of phosphoric acid groups is 1.